The zero-order valence-corrected chi connectivity index (χ0v) is 28.0. The van der Waals surface area contributed by atoms with Gasteiger partial charge in [-0.05, 0) is 85.1 Å². The molecule has 0 aliphatic carbocycles. The number of amides is 2. The molecule has 0 spiro atoms. The molecule has 4 rings (SSSR count). The highest BCUT2D eigenvalue weighted by molar-refractivity contribution is 7.92. The zero-order chi connectivity index (χ0) is 33.8. The van der Waals surface area contributed by atoms with Crippen molar-refractivity contribution in [3.8, 4) is 5.75 Å². The molecule has 0 saturated heterocycles. The molecule has 1 unspecified atom stereocenters. The van der Waals surface area contributed by atoms with E-state index < -0.39 is 34.3 Å². The van der Waals surface area contributed by atoms with Gasteiger partial charge in [-0.1, -0.05) is 67.4 Å². The first-order valence-corrected chi connectivity index (χ1v) is 17.3. The summed E-state index contributed by atoms with van der Waals surface area (Å²) in [6.07, 6.45) is 1.79. The maximum Gasteiger partial charge on any atom is 0.264 e. The number of nitrogens with zero attached hydrogens (tertiary/aromatic N) is 2. The van der Waals surface area contributed by atoms with Crippen LogP contribution in [-0.2, 0) is 32.6 Å². The predicted molar refractivity (Wildman–Crippen MR) is 182 cm³/mol. The number of unbranched alkanes of at least 4 members (excludes halogenated alkanes) is 1. The van der Waals surface area contributed by atoms with Crippen molar-refractivity contribution < 1.29 is 27.1 Å². The highest BCUT2D eigenvalue weighted by atomic mass is 35.5. The second kappa shape index (κ2) is 16.9. The Balaban J connectivity index is 1.78. The van der Waals surface area contributed by atoms with Gasteiger partial charge in [0.1, 0.15) is 24.2 Å². The first kappa shape index (κ1) is 35.4. The number of ether oxygens (including phenoxy) is 1. The van der Waals surface area contributed by atoms with E-state index >= 15 is 0 Å². The smallest absolute Gasteiger partial charge is 0.264 e. The first-order valence-electron chi connectivity index (χ1n) is 15.5. The van der Waals surface area contributed by atoms with E-state index in [9.17, 15) is 22.4 Å². The van der Waals surface area contributed by atoms with Gasteiger partial charge in [0.15, 0.2) is 0 Å². The molecule has 11 heteroatoms. The number of benzene rings is 4. The lowest BCUT2D eigenvalue weighted by atomic mass is 10.0. The Bertz CT molecular complexity index is 1700. The van der Waals surface area contributed by atoms with E-state index in [0.717, 1.165) is 22.7 Å². The van der Waals surface area contributed by atoms with Gasteiger partial charge in [0.2, 0.25) is 11.8 Å². The molecule has 248 valence electrons. The van der Waals surface area contributed by atoms with E-state index in [0.29, 0.717) is 29.5 Å². The van der Waals surface area contributed by atoms with Gasteiger partial charge < -0.3 is 15.0 Å². The molecule has 1 N–H and O–H groups in total. The van der Waals surface area contributed by atoms with Crippen LogP contribution in [0, 0.1) is 5.82 Å². The number of rotatable bonds is 16. The molecule has 0 radical (unpaired) electrons. The van der Waals surface area contributed by atoms with Gasteiger partial charge in [-0.25, -0.2) is 12.8 Å². The van der Waals surface area contributed by atoms with Crippen molar-refractivity contribution in [2.24, 2.45) is 0 Å². The fourth-order valence-corrected chi connectivity index (χ4v) is 6.52. The van der Waals surface area contributed by atoms with Crippen LogP contribution in [0.4, 0.5) is 10.1 Å². The minimum absolute atomic E-state index is 0.0596. The summed E-state index contributed by atoms with van der Waals surface area (Å²) in [7, 11) is -4.29. The van der Waals surface area contributed by atoms with Crippen LogP contribution in [0.15, 0.2) is 108 Å². The third-order valence-corrected chi connectivity index (χ3v) is 9.52. The van der Waals surface area contributed by atoms with Crippen molar-refractivity contribution in [1.82, 2.24) is 10.2 Å². The molecule has 0 heterocycles. The molecule has 4 aromatic rings. The predicted octanol–water partition coefficient (Wildman–Crippen LogP) is 6.63. The highest BCUT2D eigenvalue weighted by Gasteiger charge is 2.34. The lowest BCUT2D eigenvalue weighted by Crippen LogP contribution is -2.53. The van der Waals surface area contributed by atoms with E-state index in [1.54, 1.807) is 36.4 Å². The molecule has 0 bridgehead atoms. The lowest BCUT2D eigenvalue weighted by Gasteiger charge is -2.34. The van der Waals surface area contributed by atoms with Crippen LogP contribution in [0.5, 0.6) is 5.75 Å². The Hall–Kier alpha value is -4.41. The summed E-state index contributed by atoms with van der Waals surface area (Å²) in [6, 6.07) is 26.0. The van der Waals surface area contributed by atoms with Crippen molar-refractivity contribution in [2.75, 3.05) is 24.0 Å². The molecular weight excluding hydrogens is 641 g/mol. The van der Waals surface area contributed by atoms with Gasteiger partial charge in [0.25, 0.3) is 10.0 Å². The van der Waals surface area contributed by atoms with Gasteiger partial charge in [-0.15, -0.1) is 0 Å². The fraction of sp³-hybridized carbons (Fsp3) is 0.278. The maximum absolute atomic E-state index is 14.5. The van der Waals surface area contributed by atoms with E-state index in [1.807, 2.05) is 44.2 Å². The molecule has 0 saturated carbocycles. The number of carbonyl (C=O) groups is 2. The van der Waals surface area contributed by atoms with Gasteiger partial charge in [-0.3, -0.25) is 13.9 Å². The molecule has 1 atom stereocenters. The Morgan fingerprint density at radius 2 is 1.53 bits per heavy atom. The summed E-state index contributed by atoms with van der Waals surface area (Å²) in [5.41, 5.74) is 1.62. The van der Waals surface area contributed by atoms with Crippen molar-refractivity contribution in [3.05, 3.63) is 125 Å². The summed E-state index contributed by atoms with van der Waals surface area (Å²) >= 11 is 6.05. The van der Waals surface area contributed by atoms with Crippen molar-refractivity contribution >= 4 is 39.1 Å². The number of hydrogen-bond donors (Lipinski definition) is 1. The van der Waals surface area contributed by atoms with Gasteiger partial charge >= 0.3 is 0 Å². The molecule has 4 aromatic carbocycles. The van der Waals surface area contributed by atoms with Crippen LogP contribution in [0.3, 0.4) is 0 Å². The average Bonchev–Trinajstić information content (AvgIpc) is 3.07. The Morgan fingerprint density at radius 1 is 0.872 bits per heavy atom. The zero-order valence-electron chi connectivity index (χ0n) is 26.4. The fourth-order valence-electron chi connectivity index (χ4n) is 4.98. The van der Waals surface area contributed by atoms with Crippen LogP contribution in [-0.4, -0.2) is 50.9 Å². The number of hydrogen-bond acceptors (Lipinski definition) is 5. The van der Waals surface area contributed by atoms with Crippen molar-refractivity contribution in [1.29, 1.82) is 0 Å². The molecular formula is C36H39ClFN3O5S. The third-order valence-electron chi connectivity index (χ3n) is 7.48. The molecule has 2 amide bonds. The first-order chi connectivity index (χ1) is 22.6. The van der Waals surface area contributed by atoms with Gasteiger partial charge in [0.05, 0.1) is 17.2 Å². The number of anilines is 1. The molecule has 0 fully saturated rings. The SMILES string of the molecule is CCCCNC(=O)C(Cc1ccccc1)N(Cc1ccc(F)cc1)C(=O)CN(c1ccc(OCC)cc1)S(=O)(=O)c1ccc(Cl)cc1. The van der Waals surface area contributed by atoms with Crippen molar-refractivity contribution in [3.63, 3.8) is 0 Å². The van der Waals surface area contributed by atoms with Crippen LogP contribution >= 0.6 is 11.6 Å². The second-order valence-electron chi connectivity index (χ2n) is 10.9. The standard InChI is InChI=1S/C36H39ClFN3O5S/c1-3-5-23-39-36(43)34(24-27-9-7-6-8-10-27)40(25-28-11-15-30(38)16-12-28)35(42)26-41(31-17-19-32(20-18-31)46-4-2)47(44,45)33-21-13-29(37)14-22-33/h6-22,34H,3-5,23-26H2,1-2H3,(H,39,43). The summed E-state index contributed by atoms with van der Waals surface area (Å²) in [5, 5.41) is 3.31. The summed E-state index contributed by atoms with van der Waals surface area (Å²) in [5.74, 6) is -0.894. The number of sulfonamides is 1. The Kier molecular flexibility index (Phi) is 12.8. The number of carbonyl (C=O) groups excluding carboxylic acids is 2. The van der Waals surface area contributed by atoms with Crippen LogP contribution in [0.1, 0.15) is 37.8 Å². The minimum atomic E-state index is -4.29. The summed E-state index contributed by atoms with van der Waals surface area (Å²) in [6.45, 7) is 4.01. The minimum Gasteiger partial charge on any atom is -0.494 e. The van der Waals surface area contributed by atoms with Crippen LogP contribution < -0.4 is 14.4 Å². The Labute approximate surface area is 281 Å². The van der Waals surface area contributed by atoms with E-state index in [1.165, 1.54) is 41.3 Å². The Morgan fingerprint density at radius 3 is 2.15 bits per heavy atom. The van der Waals surface area contributed by atoms with Gasteiger partial charge in [-0.2, -0.15) is 0 Å². The number of halogens is 2. The molecule has 0 aliphatic rings. The van der Waals surface area contributed by atoms with Crippen molar-refractivity contribution in [2.45, 2.75) is 50.6 Å². The largest absolute Gasteiger partial charge is 0.494 e. The summed E-state index contributed by atoms with van der Waals surface area (Å²) in [4.78, 5) is 29.6. The third kappa shape index (κ3) is 9.79. The summed E-state index contributed by atoms with van der Waals surface area (Å²) < 4.78 is 48.7. The van der Waals surface area contributed by atoms with E-state index in [-0.39, 0.29) is 29.5 Å². The normalized spacial score (nSPS) is 11.8. The quantitative estimate of drug-likeness (QED) is 0.134. The maximum atomic E-state index is 14.5. The monoisotopic (exact) mass is 679 g/mol. The van der Waals surface area contributed by atoms with Crippen LogP contribution in [0.2, 0.25) is 5.02 Å². The average molecular weight is 680 g/mol. The number of nitrogens with one attached hydrogen (secondary N) is 1. The molecule has 0 aromatic heterocycles. The molecule has 8 nitrogen and oxygen atoms in total. The van der Waals surface area contributed by atoms with E-state index in [4.69, 9.17) is 16.3 Å². The van der Waals surface area contributed by atoms with Gasteiger partial charge in [0, 0.05) is 24.5 Å². The highest BCUT2D eigenvalue weighted by Crippen LogP contribution is 2.28. The lowest BCUT2D eigenvalue weighted by molar-refractivity contribution is -0.140. The second-order valence-corrected chi connectivity index (χ2v) is 13.2. The molecule has 47 heavy (non-hydrogen) atoms. The van der Waals surface area contributed by atoms with Crippen LogP contribution in [0.25, 0.3) is 0 Å². The molecule has 0 aliphatic heterocycles. The topological polar surface area (TPSA) is 96.0 Å². The van der Waals surface area contributed by atoms with E-state index in [2.05, 4.69) is 5.32 Å².